The van der Waals surface area contributed by atoms with Gasteiger partial charge in [-0.1, -0.05) is 36.1 Å². The number of esters is 2. The zero-order valence-corrected chi connectivity index (χ0v) is 25.5. The van der Waals surface area contributed by atoms with Gasteiger partial charge in [0.15, 0.2) is 16.3 Å². The lowest BCUT2D eigenvalue weighted by atomic mass is 9.95. The predicted molar refractivity (Wildman–Crippen MR) is 159 cm³/mol. The quantitative estimate of drug-likeness (QED) is 0.183. The van der Waals surface area contributed by atoms with Gasteiger partial charge in [-0.15, -0.1) is 0 Å². The summed E-state index contributed by atoms with van der Waals surface area (Å²) in [6.45, 7) is 11.2. The van der Waals surface area contributed by atoms with Crippen LogP contribution < -0.4 is 29.1 Å². The van der Waals surface area contributed by atoms with E-state index in [0.717, 1.165) is 0 Å². The second kappa shape index (κ2) is 13.1. The van der Waals surface area contributed by atoms with Gasteiger partial charge >= 0.3 is 11.9 Å². The van der Waals surface area contributed by atoms with Crippen LogP contribution >= 0.6 is 27.3 Å². The molecule has 1 aliphatic heterocycles. The van der Waals surface area contributed by atoms with Gasteiger partial charge in [0.2, 0.25) is 0 Å². The molecule has 2 aromatic carbocycles. The summed E-state index contributed by atoms with van der Waals surface area (Å²) in [6, 6.07) is 9.64. The van der Waals surface area contributed by atoms with Gasteiger partial charge in [0, 0.05) is 6.92 Å². The van der Waals surface area contributed by atoms with Crippen molar-refractivity contribution in [3.8, 4) is 17.2 Å². The summed E-state index contributed by atoms with van der Waals surface area (Å²) >= 11 is 4.62. The van der Waals surface area contributed by atoms with Crippen molar-refractivity contribution in [2.75, 3.05) is 19.8 Å². The average molecular weight is 642 g/mol. The van der Waals surface area contributed by atoms with E-state index in [0.29, 0.717) is 61.1 Å². The summed E-state index contributed by atoms with van der Waals surface area (Å²) in [7, 11) is 0. The molecule has 9 nitrogen and oxygen atoms in total. The monoisotopic (exact) mass is 640 g/mol. The van der Waals surface area contributed by atoms with Crippen LogP contribution in [-0.2, 0) is 14.3 Å². The summed E-state index contributed by atoms with van der Waals surface area (Å²) in [4.78, 5) is 43.5. The fourth-order valence-corrected chi connectivity index (χ4v) is 5.86. The molecule has 0 saturated carbocycles. The molecule has 0 fully saturated rings. The number of thiazole rings is 1. The molecule has 4 rings (SSSR count). The van der Waals surface area contributed by atoms with Crippen LogP contribution in [0.1, 0.15) is 44.9 Å². The average Bonchev–Trinajstić information content (AvgIpc) is 3.22. The molecule has 11 heteroatoms. The number of nitrogens with zero attached hydrogens (tertiary/aromatic N) is 2. The molecule has 0 radical (unpaired) electrons. The predicted octanol–water partition coefficient (Wildman–Crippen LogP) is 4.45. The van der Waals surface area contributed by atoms with Crippen molar-refractivity contribution < 1.29 is 28.5 Å². The molecule has 0 spiro atoms. The molecule has 0 saturated heterocycles. The summed E-state index contributed by atoms with van der Waals surface area (Å²) in [5, 5.41) is 0. The molecule has 1 atom stereocenters. The molecule has 1 aliphatic rings. The third-order valence-corrected chi connectivity index (χ3v) is 7.57. The van der Waals surface area contributed by atoms with Crippen LogP contribution in [0.5, 0.6) is 17.2 Å². The molecular formula is C30H29BrN2O7S. The number of hydrogen-bond donors (Lipinski definition) is 0. The Morgan fingerprint density at radius 2 is 1.85 bits per heavy atom. The maximum Gasteiger partial charge on any atom is 0.338 e. The number of fused-ring (bicyclic) bond motifs is 1. The number of rotatable bonds is 10. The third-order valence-electron chi connectivity index (χ3n) is 5.96. The van der Waals surface area contributed by atoms with Gasteiger partial charge in [0.25, 0.3) is 5.56 Å². The van der Waals surface area contributed by atoms with Crippen LogP contribution in [0.2, 0.25) is 0 Å². The minimum absolute atomic E-state index is 0.170. The molecule has 41 heavy (non-hydrogen) atoms. The number of allylic oxidation sites excluding steroid dienone is 1. The standard InChI is InChI=1S/C30H29BrN2O7S/c1-6-13-39-23-12-10-20(16-24(23)37-7-2)27-26(29(36)38-8-3)17(4)32-30-33(27)28(35)25(41-30)15-19-9-11-22(21(31)14-19)40-18(5)34/h6,9-12,14-16,27H,1,7-8,13H2,2-5H3/b25-15-. The molecule has 1 unspecified atom stereocenters. The largest absolute Gasteiger partial charge is 0.490 e. The lowest BCUT2D eigenvalue weighted by Crippen LogP contribution is -2.40. The highest BCUT2D eigenvalue weighted by Crippen LogP contribution is 2.36. The number of ether oxygens (including phenoxy) is 4. The van der Waals surface area contributed by atoms with Crippen molar-refractivity contribution in [1.29, 1.82) is 0 Å². The Hall–Kier alpha value is -3.96. The summed E-state index contributed by atoms with van der Waals surface area (Å²) < 4.78 is 24.6. The molecule has 0 bridgehead atoms. The lowest BCUT2D eigenvalue weighted by Gasteiger charge is -2.25. The SMILES string of the molecule is C=CCOc1ccc(C2C(C(=O)OCC)=C(C)N=c3s/c(=C\c4ccc(OC(C)=O)c(Br)c4)c(=O)n32)cc1OCC. The smallest absolute Gasteiger partial charge is 0.338 e. The zero-order valence-electron chi connectivity index (χ0n) is 23.1. The Bertz CT molecular complexity index is 1720. The normalized spacial score (nSPS) is 14.7. The summed E-state index contributed by atoms with van der Waals surface area (Å²) in [5.74, 6) is 0.375. The molecule has 0 N–H and O–H groups in total. The lowest BCUT2D eigenvalue weighted by molar-refractivity contribution is -0.139. The maximum absolute atomic E-state index is 13.9. The van der Waals surface area contributed by atoms with Gasteiger partial charge in [-0.25, -0.2) is 9.79 Å². The van der Waals surface area contributed by atoms with Crippen molar-refractivity contribution in [1.82, 2.24) is 4.57 Å². The molecule has 1 aromatic heterocycles. The Balaban J connectivity index is 1.89. The van der Waals surface area contributed by atoms with Gasteiger partial charge in [-0.3, -0.25) is 14.2 Å². The Morgan fingerprint density at radius 1 is 1.10 bits per heavy atom. The van der Waals surface area contributed by atoms with Gasteiger partial charge in [-0.2, -0.15) is 0 Å². The van der Waals surface area contributed by atoms with Crippen LogP contribution in [0.25, 0.3) is 6.08 Å². The van der Waals surface area contributed by atoms with Crippen molar-refractivity contribution in [3.05, 3.63) is 95.6 Å². The van der Waals surface area contributed by atoms with Gasteiger partial charge in [-0.05, 0) is 78.2 Å². The van der Waals surface area contributed by atoms with Gasteiger partial charge in [0.1, 0.15) is 12.4 Å². The summed E-state index contributed by atoms with van der Waals surface area (Å²) in [6.07, 6.45) is 3.36. The van der Waals surface area contributed by atoms with E-state index in [4.69, 9.17) is 18.9 Å². The molecule has 0 aliphatic carbocycles. The first-order chi connectivity index (χ1) is 19.7. The van der Waals surface area contributed by atoms with Crippen molar-refractivity contribution >= 4 is 45.3 Å². The van der Waals surface area contributed by atoms with E-state index in [1.165, 1.54) is 22.8 Å². The highest BCUT2D eigenvalue weighted by Gasteiger charge is 2.34. The minimum Gasteiger partial charge on any atom is -0.490 e. The second-order valence-corrected chi connectivity index (χ2v) is 10.7. The fourth-order valence-electron chi connectivity index (χ4n) is 4.33. The zero-order chi connectivity index (χ0) is 29.7. The van der Waals surface area contributed by atoms with E-state index >= 15 is 0 Å². The van der Waals surface area contributed by atoms with Crippen molar-refractivity contribution in [2.24, 2.45) is 4.99 Å². The number of carbonyl (C=O) groups excluding carboxylic acids is 2. The first-order valence-corrected chi connectivity index (χ1v) is 14.5. The molecular weight excluding hydrogens is 612 g/mol. The number of carbonyl (C=O) groups is 2. The fraction of sp³-hybridized carbons (Fsp3) is 0.267. The number of hydrogen-bond acceptors (Lipinski definition) is 9. The maximum atomic E-state index is 13.9. The van der Waals surface area contributed by atoms with E-state index < -0.39 is 18.0 Å². The third kappa shape index (κ3) is 6.52. The van der Waals surface area contributed by atoms with E-state index in [1.807, 2.05) is 6.92 Å². The van der Waals surface area contributed by atoms with Crippen LogP contribution in [-0.4, -0.2) is 36.3 Å². The van der Waals surface area contributed by atoms with Crippen LogP contribution in [0.3, 0.4) is 0 Å². The summed E-state index contributed by atoms with van der Waals surface area (Å²) in [5.41, 5.74) is 1.75. The van der Waals surface area contributed by atoms with E-state index in [1.54, 1.807) is 62.4 Å². The number of benzene rings is 2. The van der Waals surface area contributed by atoms with Gasteiger partial charge < -0.3 is 18.9 Å². The van der Waals surface area contributed by atoms with Gasteiger partial charge in [0.05, 0.1) is 39.5 Å². The van der Waals surface area contributed by atoms with Crippen LogP contribution in [0.15, 0.2) is 74.6 Å². The molecule has 2 heterocycles. The minimum atomic E-state index is -0.807. The highest BCUT2D eigenvalue weighted by molar-refractivity contribution is 9.10. The van der Waals surface area contributed by atoms with E-state index in [-0.39, 0.29) is 17.7 Å². The molecule has 0 amide bonds. The van der Waals surface area contributed by atoms with Crippen molar-refractivity contribution in [3.63, 3.8) is 0 Å². The Kier molecular flexibility index (Phi) is 9.61. The first-order valence-electron chi connectivity index (χ1n) is 12.9. The van der Waals surface area contributed by atoms with E-state index in [9.17, 15) is 14.4 Å². The topological polar surface area (TPSA) is 105 Å². The molecule has 214 valence electrons. The van der Waals surface area contributed by atoms with Crippen LogP contribution in [0.4, 0.5) is 0 Å². The van der Waals surface area contributed by atoms with Crippen molar-refractivity contribution in [2.45, 2.75) is 33.7 Å². The molecule has 3 aromatic rings. The first kappa shape index (κ1) is 30.0. The highest BCUT2D eigenvalue weighted by atomic mass is 79.9. The van der Waals surface area contributed by atoms with Crippen LogP contribution in [0, 0.1) is 0 Å². The number of halogens is 1. The Labute approximate surface area is 249 Å². The van der Waals surface area contributed by atoms with E-state index in [2.05, 4.69) is 27.5 Å². The number of aromatic nitrogens is 1. The second-order valence-electron chi connectivity index (χ2n) is 8.82. The Morgan fingerprint density at radius 3 is 2.51 bits per heavy atom.